The third kappa shape index (κ3) is 2.45. The molecule has 0 N–H and O–H groups in total. The van der Waals surface area contributed by atoms with Crippen molar-refractivity contribution >= 4 is 17.8 Å². The summed E-state index contributed by atoms with van der Waals surface area (Å²) >= 11 is 0. The zero-order valence-corrected chi connectivity index (χ0v) is 10.1. The van der Waals surface area contributed by atoms with Crippen LogP contribution in [0.1, 0.15) is 6.42 Å². The van der Waals surface area contributed by atoms with Gasteiger partial charge in [0.15, 0.2) is 0 Å². The SMILES string of the molecule is COC(=O)[C@@H]1OC(=O)CC1C(=O)N1CCOCC1. The number of morpholine rings is 1. The van der Waals surface area contributed by atoms with E-state index in [1.165, 1.54) is 7.11 Å². The van der Waals surface area contributed by atoms with E-state index < -0.39 is 24.0 Å². The molecule has 0 bridgehead atoms. The van der Waals surface area contributed by atoms with E-state index in [0.717, 1.165) is 0 Å². The summed E-state index contributed by atoms with van der Waals surface area (Å²) in [5, 5.41) is 0. The highest BCUT2D eigenvalue weighted by Crippen LogP contribution is 2.25. The van der Waals surface area contributed by atoms with Crippen LogP contribution in [0, 0.1) is 5.92 Å². The maximum Gasteiger partial charge on any atom is 0.348 e. The highest BCUT2D eigenvalue weighted by Gasteiger charge is 2.46. The number of carbonyl (C=O) groups is 3. The number of carbonyl (C=O) groups excluding carboxylic acids is 3. The Balaban J connectivity index is 2.07. The summed E-state index contributed by atoms with van der Waals surface area (Å²) in [5.41, 5.74) is 0. The first-order valence-electron chi connectivity index (χ1n) is 5.77. The first-order valence-corrected chi connectivity index (χ1v) is 5.77. The number of rotatable bonds is 2. The monoisotopic (exact) mass is 257 g/mol. The fraction of sp³-hybridized carbons (Fsp3) is 0.727. The number of hydrogen-bond acceptors (Lipinski definition) is 6. The first kappa shape index (κ1) is 12.8. The second-order valence-electron chi connectivity index (χ2n) is 4.18. The van der Waals surface area contributed by atoms with Crippen molar-refractivity contribution in [3.8, 4) is 0 Å². The number of hydrogen-bond donors (Lipinski definition) is 0. The molecule has 0 spiro atoms. The van der Waals surface area contributed by atoms with Gasteiger partial charge in [0.25, 0.3) is 0 Å². The quantitative estimate of drug-likeness (QED) is 0.587. The normalized spacial score (nSPS) is 27.8. The number of amides is 1. The predicted molar refractivity (Wildman–Crippen MR) is 57.4 cm³/mol. The van der Waals surface area contributed by atoms with Crippen LogP contribution in [-0.2, 0) is 28.6 Å². The van der Waals surface area contributed by atoms with Gasteiger partial charge in [-0.25, -0.2) is 4.79 Å². The van der Waals surface area contributed by atoms with Gasteiger partial charge in [-0.1, -0.05) is 0 Å². The van der Waals surface area contributed by atoms with Crippen LogP contribution in [0.2, 0.25) is 0 Å². The molecule has 2 aliphatic heterocycles. The van der Waals surface area contributed by atoms with Crippen LogP contribution in [0.4, 0.5) is 0 Å². The van der Waals surface area contributed by atoms with E-state index in [0.29, 0.717) is 26.3 Å². The largest absolute Gasteiger partial charge is 0.466 e. The van der Waals surface area contributed by atoms with Gasteiger partial charge in [-0.2, -0.15) is 0 Å². The average molecular weight is 257 g/mol. The standard InChI is InChI=1S/C11H15NO6/c1-16-11(15)9-7(6-8(13)18-9)10(14)12-2-4-17-5-3-12/h7,9H,2-6H2,1H3/t7?,9-/m1/s1. The average Bonchev–Trinajstić information content (AvgIpc) is 2.80. The minimum absolute atomic E-state index is 0.0735. The number of cyclic esters (lactones) is 1. The first-order chi connectivity index (χ1) is 8.63. The molecule has 2 saturated heterocycles. The topological polar surface area (TPSA) is 82.1 Å². The zero-order chi connectivity index (χ0) is 13.1. The van der Waals surface area contributed by atoms with Gasteiger partial charge in [0.05, 0.1) is 32.7 Å². The van der Waals surface area contributed by atoms with E-state index in [1.54, 1.807) is 4.90 Å². The van der Waals surface area contributed by atoms with Gasteiger partial charge >= 0.3 is 11.9 Å². The lowest BCUT2D eigenvalue weighted by molar-refractivity contribution is -0.163. The zero-order valence-electron chi connectivity index (χ0n) is 10.1. The Morgan fingerprint density at radius 3 is 2.61 bits per heavy atom. The molecule has 2 aliphatic rings. The third-order valence-corrected chi connectivity index (χ3v) is 3.08. The van der Waals surface area contributed by atoms with E-state index in [1.807, 2.05) is 0 Å². The Morgan fingerprint density at radius 1 is 1.33 bits per heavy atom. The Kier molecular flexibility index (Phi) is 3.81. The minimum atomic E-state index is -1.11. The van der Waals surface area contributed by atoms with Gasteiger partial charge < -0.3 is 19.1 Å². The van der Waals surface area contributed by atoms with Crippen LogP contribution in [0.5, 0.6) is 0 Å². The van der Waals surface area contributed by atoms with Crippen LogP contribution in [0.15, 0.2) is 0 Å². The molecule has 2 atom stereocenters. The second-order valence-corrected chi connectivity index (χ2v) is 4.18. The molecule has 1 amide bonds. The molecule has 2 heterocycles. The van der Waals surface area contributed by atoms with Gasteiger partial charge in [0, 0.05) is 13.1 Å². The van der Waals surface area contributed by atoms with Crippen LogP contribution in [-0.4, -0.2) is 62.3 Å². The summed E-state index contributed by atoms with van der Waals surface area (Å²) in [5.74, 6) is -2.26. The maximum absolute atomic E-state index is 12.2. The molecule has 7 nitrogen and oxygen atoms in total. The fourth-order valence-electron chi connectivity index (χ4n) is 2.12. The van der Waals surface area contributed by atoms with Crippen molar-refractivity contribution in [1.29, 1.82) is 0 Å². The summed E-state index contributed by atoms with van der Waals surface area (Å²) in [7, 11) is 1.20. The molecule has 2 rings (SSSR count). The van der Waals surface area contributed by atoms with E-state index in [2.05, 4.69) is 4.74 Å². The van der Waals surface area contributed by atoms with Gasteiger partial charge in [-0.15, -0.1) is 0 Å². The summed E-state index contributed by atoms with van der Waals surface area (Å²) in [6, 6.07) is 0. The van der Waals surface area contributed by atoms with E-state index in [9.17, 15) is 14.4 Å². The molecule has 2 fully saturated rings. The van der Waals surface area contributed by atoms with Crippen LogP contribution in [0.3, 0.4) is 0 Å². The van der Waals surface area contributed by atoms with Gasteiger partial charge in [0.2, 0.25) is 12.0 Å². The smallest absolute Gasteiger partial charge is 0.348 e. The van der Waals surface area contributed by atoms with Crippen molar-refractivity contribution in [3.63, 3.8) is 0 Å². The lowest BCUT2D eigenvalue weighted by Crippen LogP contribution is -2.46. The maximum atomic E-state index is 12.2. The minimum Gasteiger partial charge on any atom is -0.466 e. The molecule has 0 aliphatic carbocycles. The lowest BCUT2D eigenvalue weighted by Gasteiger charge is -2.29. The molecule has 0 radical (unpaired) electrons. The summed E-state index contributed by atoms with van der Waals surface area (Å²) in [6.45, 7) is 1.88. The molecule has 100 valence electrons. The van der Waals surface area contributed by atoms with Crippen molar-refractivity contribution in [2.75, 3.05) is 33.4 Å². The van der Waals surface area contributed by atoms with Crippen molar-refractivity contribution in [2.45, 2.75) is 12.5 Å². The third-order valence-electron chi connectivity index (χ3n) is 3.08. The molecule has 0 aromatic rings. The molecule has 0 aromatic carbocycles. The van der Waals surface area contributed by atoms with Gasteiger partial charge in [-0.05, 0) is 0 Å². The second kappa shape index (κ2) is 5.34. The number of methoxy groups -OCH3 is 1. The number of nitrogens with zero attached hydrogens (tertiary/aromatic N) is 1. The number of ether oxygens (including phenoxy) is 3. The highest BCUT2D eigenvalue weighted by atomic mass is 16.6. The van der Waals surface area contributed by atoms with Gasteiger partial charge in [-0.3, -0.25) is 9.59 Å². The van der Waals surface area contributed by atoms with E-state index >= 15 is 0 Å². The summed E-state index contributed by atoms with van der Waals surface area (Å²) in [4.78, 5) is 36.5. The lowest BCUT2D eigenvalue weighted by atomic mass is 9.99. The summed E-state index contributed by atoms with van der Waals surface area (Å²) < 4.78 is 14.5. The Labute approximate surface area is 104 Å². The molecule has 0 aromatic heterocycles. The van der Waals surface area contributed by atoms with Crippen LogP contribution in [0.25, 0.3) is 0 Å². The van der Waals surface area contributed by atoms with Crippen molar-refractivity contribution in [2.24, 2.45) is 5.92 Å². The predicted octanol–water partition coefficient (Wildman–Crippen LogP) is -1.05. The molecular formula is C11H15NO6. The molecular weight excluding hydrogens is 242 g/mol. The summed E-state index contributed by atoms with van der Waals surface area (Å²) in [6.07, 6.45) is -1.19. The Bertz CT molecular complexity index is 363. The highest BCUT2D eigenvalue weighted by molar-refractivity contribution is 5.94. The van der Waals surface area contributed by atoms with E-state index in [-0.39, 0.29) is 12.3 Å². The molecule has 0 saturated carbocycles. The molecule has 7 heteroatoms. The van der Waals surface area contributed by atoms with Crippen molar-refractivity contribution in [3.05, 3.63) is 0 Å². The Hall–Kier alpha value is -1.63. The Morgan fingerprint density at radius 2 is 2.00 bits per heavy atom. The molecule has 18 heavy (non-hydrogen) atoms. The fourth-order valence-corrected chi connectivity index (χ4v) is 2.12. The van der Waals surface area contributed by atoms with Crippen LogP contribution < -0.4 is 0 Å². The van der Waals surface area contributed by atoms with Gasteiger partial charge in [0.1, 0.15) is 0 Å². The van der Waals surface area contributed by atoms with Crippen molar-refractivity contribution < 1.29 is 28.6 Å². The molecule has 1 unspecified atom stereocenters. The van der Waals surface area contributed by atoms with Crippen LogP contribution >= 0.6 is 0 Å². The number of esters is 2. The van der Waals surface area contributed by atoms with Crippen molar-refractivity contribution in [1.82, 2.24) is 4.90 Å². The van der Waals surface area contributed by atoms with E-state index in [4.69, 9.17) is 9.47 Å².